The molecule has 1 amide bonds. The third-order valence-corrected chi connectivity index (χ3v) is 6.38. The first-order valence-corrected chi connectivity index (χ1v) is 12.1. The number of aryl methyl sites for hydroxylation is 1. The molecule has 0 aliphatic carbocycles. The average Bonchev–Trinajstić information content (AvgIpc) is 2.84. The second kappa shape index (κ2) is 10.8. The Balaban J connectivity index is 1.69. The zero-order valence-electron chi connectivity index (χ0n) is 19.1. The minimum absolute atomic E-state index is 0.00477. The SMILES string of the molecule is CCc1ccc(NC(=O)C(C)OC(=O)c2cccc(S(=O)(=O)Nc3ccccc3OC)c2)cc1. The van der Waals surface area contributed by atoms with Gasteiger partial charge in [-0.3, -0.25) is 9.52 Å². The molecular weight excluding hydrogens is 456 g/mol. The van der Waals surface area contributed by atoms with Gasteiger partial charge in [-0.1, -0.05) is 37.3 Å². The van der Waals surface area contributed by atoms with Crippen LogP contribution in [-0.4, -0.2) is 33.5 Å². The smallest absolute Gasteiger partial charge is 0.338 e. The van der Waals surface area contributed by atoms with Crippen LogP contribution in [0.15, 0.2) is 77.7 Å². The van der Waals surface area contributed by atoms with Crippen LogP contribution in [0.25, 0.3) is 0 Å². The molecule has 1 atom stereocenters. The van der Waals surface area contributed by atoms with Crippen LogP contribution in [0.4, 0.5) is 11.4 Å². The van der Waals surface area contributed by atoms with Crippen molar-refractivity contribution in [3.63, 3.8) is 0 Å². The predicted octanol–water partition coefficient (Wildman–Crippen LogP) is 4.24. The topological polar surface area (TPSA) is 111 Å². The maximum Gasteiger partial charge on any atom is 0.338 e. The molecule has 0 aliphatic heterocycles. The largest absolute Gasteiger partial charge is 0.495 e. The van der Waals surface area contributed by atoms with Crippen LogP contribution in [-0.2, 0) is 26.0 Å². The maximum absolute atomic E-state index is 12.8. The van der Waals surface area contributed by atoms with E-state index in [9.17, 15) is 18.0 Å². The molecule has 2 N–H and O–H groups in total. The summed E-state index contributed by atoms with van der Waals surface area (Å²) in [5.41, 5.74) is 1.97. The zero-order valence-corrected chi connectivity index (χ0v) is 19.9. The lowest BCUT2D eigenvalue weighted by molar-refractivity contribution is -0.123. The number of anilines is 2. The Morgan fingerprint density at radius 2 is 1.68 bits per heavy atom. The summed E-state index contributed by atoms with van der Waals surface area (Å²) in [6.45, 7) is 3.47. The first-order valence-electron chi connectivity index (χ1n) is 10.6. The fourth-order valence-electron chi connectivity index (χ4n) is 3.07. The Labute approximate surface area is 199 Å². The molecule has 0 saturated heterocycles. The normalized spacial score (nSPS) is 11.9. The highest BCUT2D eigenvalue weighted by Crippen LogP contribution is 2.26. The number of nitrogens with one attached hydrogen (secondary N) is 2. The van der Waals surface area contributed by atoms with E-state index >= 15 is 0 Å². The number of hydrogen-bond acceptors (Lipinski definition) is 6. The number of amides is 1. The van der Waals surface area contributed by atoms with Crippen LogP contribution in [0.3, 0.4) is 0 Å². The summed E-state index contributed by atoms with van der Waals surface area (Å²) in [6.07, 6.45) is -0.212. The average molecular weight is 483 g/mol. The number of methoxy groups -OCH3 is 1. The number of para-hydroxylation sites is 2. The van der Waals surface area contributed by atoms with Crippen LogP contribution >= 0.6 is 0 Å². The van der Waals surface area contributed by atoms with Crippen LogP contribution in [0.1, 0.15) is 29.8 Å². The molecule has 3 aromatic rings. The summed E-state index contributed by atoms with van der Waals surface area (Å²) in [6, 6.07) is 19.3. The zero-order chi connectivity index (χ0) is 24.7. The third-order valence-electron chi connectivity index (χ3n) is 5.01. The quantitative estimate of drug-likeness (QED) is 0.441. The molecule has 0 aromatic heterocycles. The van der Waals surface area contributed by atoms with Crippen molar-refractivity contribution >= 4 is 33.3 Å². The van der Waals surface area contributed by atoms with E-state index in [2.05, 4.69) is 10.0 Å². The van der Waals surface area contributed by atoms with Gasteiger partial charge in [0.25, 0.3) is 15.9 Å². The molecule has 0 radical (unpaired) electrons. The number of rotatable bonds is 9. The van der Waals surface area contributed by atoms with Crippen molar-refractivity contribution in [1.29, 1.82) is 0 Å². The van der Waals surface area contributed by atoms with E-state index in [1.54, 1.807) is 36.4 Å². The number of ether oxygens (including phenoxy) is 2. The second-order valence-electron chi connectivity index (χ2n) is 7.42. The van der Waals surface area contributed by atoms with E-state index < -0.39 is 28.0 Å². The number of carbonyl (C=O) groups is 2. The number of carbonyl (C=O) groups excluding carboxylic acids is 2. The number of sulfonamides is 1. The van der Waals surface area contributed by atoms with Gasteiger partial charge < -0.3 is 14.8 Å². The predicted molar refractivity (Wildman–Crippen MR) is 130 cm³/mol. The van der Waals surface area contributed by atoms with Crippen molar-refractivity contribution in [3.8, 4) is 5.75 Å². The van der Waals surface area contributed by atoms with E-state index in [1.165, 1.54) is 38.3 Å². The molecule has 34 heavy (non-hydrogen) atoms. The van der Waals surface area contributed by atoms with Crippen molar-refractivity contribution in [2.75, 3.05) is 17.1 Å². The van der Waals surface area contributed by atoms with Gasteiger partial charge in [0.05, 0.1) is 23.3 Å². The molecule has 0 saturated carbocycles. The lowest BCUT2D eigenvalue weighted by Crippen LogP contribution is -2.30. The van der Waals surface area contributed by atoms with Gasteiger partial charge in [0.2, 0.25) is 0 Å². The van der Waals surface area contributed by atoms with E-state index in [-0.39, 0.29) is 16.1 Å². The van der Waals surface area contributed by atoms with Gasteiger partial charge in [-0.05, 0) is 61.4 Å². The highest BCUT2D eigenvalue weighted by molar-refractivity contribution is 7.92. The van der Waals surface area contributed by atoms with Crippen LogP contribution in [0, 0.1) is 0 Å². The van der Waals surface area contributed by atoms with Crippen LogP contribution in [0.5, 0.6) is 5.75 Å². The monoisotopic (exact) mass is 482 g/mol. The summed E-state index contributed by atoms with van der Waals surface area (Å²) in [5, 5.41) is 2.69. The Morgan fingerprint density at radius 1 is 0.971 bits per heavy atom. The molecule has 0 aliphatic rings. The van der Waals surface area contributed by atoms with Gasteiger partial charge in [-0.2, -0.15) is 0 Å². The minimum atomic E-state index is -4.01. The fraction of sp³-hybridized carbons (Fsp3) is 0.200. The molecule has 178 valence electrons. The Bertz CT molecular complexity index is 1270. The summed E-state index contributed by atoms with van der Waals surface area (Å²) in [5.74, 6) is -0.969. The lowest BCUT2D eigenvalue weighted by atomic mass is 10.1. The summed E-state index contributed by atoms with van der Waals surface area (Å²) in [7, 11) is -2.58. The van der Waals surface area contributed by atoms with E-state index in [4.69, 9.17) is 9.47 Å². The Kier molecular flexibility index (Phi) is 7.91. The first kappa shape index (κ1) is 24.8. The number of esters is 1. The molecule has 1 unspecified atom stereocenters. The second-order valence-corrected chi connectivity index (χ2v) is 9.10. The van der Waals surface area contributed by atoms with Crippen molar-refractivity contribution in [3.05, 3.63) is 83.9 Å². The van der Waals surface area contributed by atoms with Gasteiger partial charge in [-0.25, -0.2) is 13.2 Å². The van der Waals surface area contributed by atoms with E-state index in [0.717, 1.165) is 12.0 Å². The Hall–Kier alpha value is -3.85. The van der Waals surface area contributed by atoms with Gasteiger partial charge in [0, 0.05) is 5.69 Å². The summed E-state index contributed by atoms with van der Waals surface area (Å²) in [4.78, 5) is 24.9. The third kappa shape index (κ3) is 6.14. The highest BCUT2D eigenvalue weighted by Gasteiger charge is 2.22. The van der Waals surface area contributed by atoms with Gasteiger partial charge >= 0.3 is 5.97 Å². The molecule has 0 bridgehead atoms. The number of benzene rings is 3. The highest BCUT2D eigenvalue weighted by atomic mass is 32.2. The van der Waals surface area contributed by atoms with Crippen LogP contribution < -0.4 is 14.8 Å². The molecule has 0 spiro atoms. The van der Waals surface area contributed by atoms with Crippen LogP contribution in [0.2, 0.25) is 0 Å². The van der Waals surface area contributed by atoms with Gasteiger partial charge in [0.1, 0.15) is 5.75 Å². The standard InChI is InChI=1S/C25H26N2O6S/c1-4-18-12-14-20(15-13-18)26-24(28)17(2)33-25(29)19-8-7-9-21(16-19)34(30,31)27-22-10-5-6-11-23(22)32-3/h5-17,27H,4H2,1-3H3,(H,26,28). The fourth-order valence-corrected chi connectivity index (χ4v) is 4.19. The van der Waals surface area contributed by atoms with Gasteiger partial charge in [0.15, 0.2) is 6.10 Å². The van der Waals surface area contributed by atoms with E-state index in [1.807, 2.05) is 19.1 Å². The molecule has 0 heterocycles. The molecular formula is C25H26N2O6S. The molecule has 9 heteroatoms. The summed E-state index contributed by atoms with van der Waals surface area (Å²) < 4.78 is 38.5. The summed E-state index contributed by atoms with van der Waals surface area (Å²) >= 11 is 0. The lowest BCUT2D eigenvalue weighted by Gasteiger charge is -2.15. The molecule has 0 fully saturated rings. The van der Waals surface area contributed by atoms with Gasteiger partial charge in [-0.15, -0.1) is 0 Å². The molecule has 8 nitrogen and oxygen atoms in total. The van der Waals surface area contributed by atoms with Crippen molar-refractivity contribution in [2.45, 2.75) is 31.3 Å². The van der Waals surface area contributed by atoms with E-state index in [0.29, 0.717) is 11.4 Å². The van der Waals surface area contributed by atoms with Crippen molar-refractivity contribution < 1.29 is 27.5 Å². The first-order chi connectivity index (χ1) is 16.2. The molecule has 3 aromatic carbocycles. The van der Waals surface area contributed by atoms with Crippen molar-refractivity contribution in [2.24, 2.45) is 0 Å². The molecule has 3 rings (SSSR count). The Morgan fingerprint density at radius 3 is 2.35 bits per heavy atom. The van der Waals surface area contributed by atoms with Crippen molar-refractivity contribution in [1.82, 2.24) is 0 Å². The number of hydrogen-bond donors (Lipinski definition) is 2. The minimum Gasteiger partial charge on any atom is -0.495 e. The maximum atomic E-state index is 12.8.